The number of ether oxygens (including phenoxy) is 1. The van der Waals surface area contributed by atoms with Gasteiger partial charge in [-0.1, -0.05) is 0 Å². The van der Waals surface area contributed by atoms with Crippen LogP contribution in [0.25, 0.3) is 10.9 Å². The summed E-state index contributed by atoms with van der Waals surface area (Å²) in [5.41, 5.74) is 1.06. The molecule has 1 aromatic heterocycles. The lowest BCUT2D eigenvalue weighted by molar-refractivity contribution is -0.121. The quantitative estimate of drug-likeness (QED) is 0.878. The van der Waals surface area contributed by atoms with Gasteiger partial charge in [0.1, 0.15) is 12.3 Å². The van der Waals surface area contributed by atoms with Gasteiger partial charge in [0.05, 0.1) is 6.61 Å². The molecule has 1 aliphatic rings. The SMILES string of the molecule is CCOc1ccc2c(ccn2CC(=O)NCC2CC2)c1. The van der Waals surface area contributed by atoms with Gasteiger partial charge in [-0.05, 0) is 49.9 Å². The Kier molecular flexibility index (Phi) is 3.63. The van der Waals surface area contributed by atoms with E-state index in [1.165, 1.54) is 12.8 Å². The van der Waals surface area contributed by atoms with Crippen molar-refractivity contribution in [1.29, 1.82) is 0 Å². The van der Waals surface area contributed by atoms with E-state index in [9.17, 15) is 4.79 Å². The zero-order valence-electron chi connectivity index (χ0n) is 11.8. The lowest BCUT2D eigenvalue weighted by atomic mass is 10.2. The Labute approximate surface area is 118 Å². The number of rotatable bonds is 6. The van der Waals surface area contributed by atoms with Crippen molar-refractivity contribution < 1.29 is 9.53 Å². The van der Waals surface area contributed by atoms with Crippen LogP contribution in [0.4, 0.5) is 0 Å². The van der Waals surface area contributed by atoms with Crippen molar-refractivity contribution in [3.63, 3.8) is 0 Å². The van der Waals surface area contributed by atoms with Gasteiger partial charge in [-0.15, -0.1) is 0 Å². The highest BCUT2D eigenvalue weighted by Gasteiger charge is 2.21. The summed E-state index contributed by atoms with van der Waals surface area (Å²) in [5.74, 6) is 1.67. The number of nitrogens with zero attached hydrogens (tertiary/aromatic N) is 1. The molecule has 2 aromatic rings. The molecule has 0 bridgehead atoms. The third-order valence-electron chi connectivity index (χ3n) is 3.65. The Morgan fingerprint density at radius 3 is 3.00 bits per heavy atom. The Morgan fingerprint density at radius 1 is 1.40 bits per heavy atom. The predicted molar refractivity (Wildman–Crippen MR) is 78.8 cm³/mol. The van der Waals surface area contributed by atoms with Crippen LogP contribution in [0, 0.1) is 5.92 Å². The fraction of sp³-hybridized carbons (Fsp3) is 0.438. The summed E-state index contributed by atoms with van der Waals surface area (Å²) in [6.45, 7) is 3.84. The van der Waals surface area contributed by atoms with E-state index >= 15 is 0 Å². The normalized spacial score (nSPS) is 14.4. The molecular formula is C16H20N2O2. The van der Waals surface area contributed by atoms with Gasteiger partial charge in [0.2, 0.25) is 5.91 Å². The van der Waals surface area contributed by atoms with Crippen LogP contribution in [0.5, 0.6) is 5.75 Å². The fourth-order valence-corrected chi connectivity index (χ4v) is 2.36. The Hall–Kier alpha value is -1.97. The summed E-state index contributed by atoms with van der Waals surface area (Å²) in [4.78, 5) is 11.9. The van der Waals surface area contributed by atoms with Gasteiger partial charge >= 0.3 is 0 Å². The number of hydrogen-bond acceptors (Lipinski definition) is 2. The van der Waals surface area contributed by atoms with Crippen molar-refractivity contribution in [2.75, 3.05) is 13.2 Å². The number of fused-ring (bicyclic) bond motifs is 1. The molecule has 1 N–H and O–H groups in total. The number of carbonyl (C=O) groups excluding carboxylic acids is 1. The molecule has 0 atom stereocenters. The second kappa shape index (κ2) is 5.57. The smallest absolute Gasteiger partial charge is 0.239 e. The largest absolute Gasteiger partial charge is 0.494 e. The third kappa shape index (κ3) is 2.95. The number of hydrogen-bond donors (Lipinski definition) is 1. The summed E-state index contributed by atoms with van der Waals surface area (Å²) >= 11 is 0. The molecule has 1 aliphatic carbocycles. The van der Waals surface area contributed by atoms with Crippen LogP contribution in [0.1, 0.15) is 19.8 Å². The number of benzene rings is 1. The van der Waals surface area contributed by atoms with Gasteiger partial charge in [-0.25, -0.2) is 0 Å². The summed E-state index contributed by atoms with van der Waals surface area (Å²) in [6.07, 6.45) is 4.47. The molecule has 20 heavy (non-hydrogen) atoms. The van der Waals surface area contributed by atoms with E-state index in [2.05, 4.69) is 5.32 Å². The highest BCUT2D eigenvalue weighted by atomic mass is 16.5. The second-order valence-corrected chi connectivity index (χ2v) is 5.34. The summed E-state index contributed by atoms with van der Waals surface area (Å²) < 4.78 is 7.47. The van der Waals surface area contributed by atoms with Crippen LogP contribution in [0.3, 0.4) is 0 Å². The second-order valence-electron chi connectivity index (χ2n) is 5.34. The number of carbonyl (C=O) groups is 1. The number of amides is 1. The molecule has 1 aromatic carbocycles. The predicted octanol–water partition coefficient (Wildman–Crippen LogP) is 2.57. The molecule has 0 saturated heterocycles. The number of aromatic nitrogens is 1. The Balaban J connectivity index is 1.69. The van der Waals surface area contributed by atoms with Crippen molar-refractivity contribution in [3.8, 4) is 5.75 Å². The van der Waals surface area contributed by atoms with E-state index in [1.54, 1.807) is 0 Å². The fourth-order valence-electron chi connectivity index (χ4n) is 2.36. The highest BCUT2D eigenvalue weighted by molar-refractivity contribution is 5.84. The minimum absolute atomic E-state index is 0.0864. The average Bonchev–Trinajstić information content (AvgIpc) is 3.19. The molecule has 0 radical (unpaired) electrons. The van der Waals surface area contributed by atoms with E-state index in [4.69, 9.17) is 4.74 Å². The first-order valence-corrected chi connectivity index (χ1v) is 7.24. The van der Waals surface area contributed by atoms with Crippen LogP contribution in [-0.4, -0.2) is 23.6 Å². The van der Waals surface area contributed by atoms with E-state index in [-0.39, 0.29) is 5.91 Å². The molecule has 1 saturated carbocycles. The molecule has 0 spiro atoms. The maximum absolute atomic E-state index is 11.9. The summed E-state index contributed by atoms with van der Waals surface area (Å²) in [6, 6.07) is 7.99. The van der Waals surface area contributed by atoms with Gasteiger partial charge in [0, 0.05) is 23.6 Å². The minimum Gasteiger partial charge on any atom is -0.494 e. The standard InChI is InChI=1S/C16H20N2O2/c1-2-20-14-5-6-15-13(9-14)7-8-18(15)11-16(19)17-10-12-3-4-12/h5-9,12H,2-4,10-11H2,1H3,(H,17,19). The van der Waals surface area contributed by atoms with Crippen molar-refractivity contribution in [3.05, 3.63) is 30.5 Å². The summed E-state index contributed by atoms with van der Waals surface area (Å²) in [5, 5.41) is 4.10. The van der Waals surface area contributed by atoms with Gasteiger partial charge in [-0.3, -0.25) is 4.79 Å². The van der Waals surface area contributed by atoms with Crippen molar-refractivity contribution in [2.24, 2.45) is 5.92 Å². The van der Waals surface area contributed by atoms with E-state index in [0.29, 0.717) is 19.1 Å². The molecule has 4 nitrogen and oxygen atoms in total. The topological polar surface area (TPSA) is 43.3 Å². The maximum Gasteiger partial charge on any atom is 0.239 e. The molecule has 1 amide bonds. The van der Waals surface area contributed by atoms with Gasteiger partial charge in [0.15, 0.2) is 0 Å². The molecule has 106 valence electrons. The molecule has 0 aliphatic heterocycles. The van der Waals surface area contributed by atoms with E-state index in [0.717, 1.165) is 23.2 Å². The van der Waals surface area contributed by atoms with Crippen molar-refractivity contribution in [1.82, 2.24) is 9.88 Å². The molecule has 4 heteroatoms. The van der Waals surface area contributed by atoms with Crippen LogP contribution < -0.4 is 10.1 Å². The van der Waals surface area contributed by atoms with E-state index in [1.807, 2.05) is 42.0 Å². The Morgan fingerprint density at radius 2 is 2.25 bits per heavy atom. The van der Waals surface area contributed by atoms with Crippen LogP contribution in [0.2, 0.25) is 0 Å². The summed E-state index contributed by atoms with van der Waals surface area (Å²) in [7, 11) is 0. The molecular weight excluding hydrogens is 252 g/mol. The van der Waals surface area contributed by atoms with Gasteiger partial charge < -0.3 is 14.6 Å². The average molecular weight is 272 g/mol. The molecule has 1 fully saturated rings. The molecule has 0 unspecified atom stereocenters. The third-order valence-corrected chi connectivity index (χ3v) is 3.65. The zero-order chi connectivity index (χ0) is 13.9. The highest BCUT2D eigenvalue weighted by Crippen LogP contribution is 2.27. The number of nitrogens with one attached hydrogen (secondary N) is 1. The minimum atomic E-state index is 0.0864. The lowest BCUT2D eigenvalue weighted by Gasteiger charge is -2.07. The lowest BCUT2D eigenvalue weighted by Crippen LogP contribution is -2.29. The van der Waals surface area contributed by atoms with Crippen molar-refractivity contribution in [2.45, 2.75) is 26.3 Å². The van der Waals surface area contributed by atoms with Crippen LogP contribution in [-0.2, 0) is 11.3 Å². The van der Waals surface area contributed by atoms with Gasteiger partial charge in [-0.2, -0.15) is 0 Å². The monoisotopic (exact) mass is 272 g/mol. The maximum atomic E-state index is 11.9. The van der Waals surface area contributed by atoms with Gasteiger partial charge in [0.25, 0.3) is 0 Å². The first kappa shape index (κ1) is 13.0. The van der Waals surface area contributed by atoms with Crippen LogP contribution >= 0.6 is 0 Å². The van der Waals surface area contributed by atoms with Crippen LogP contribution in [0.15, 0.2) is 30.5 Å². The molecule has 1 heterocycles. The molecule has 3 rings (SSSR count). The Bertz CT molecular complexity index is 614. The van der Waals surface area contributed by atoms with Crippen molar-refractivity contribution >= 4 is 16.8 Å². The van der Waals surface area contributed by atoms with E-state index < -0.39 is 0 Å². The first-order chi connectivity index (χ1) is 9.76. The zero-order valence-corrected chi connectivity index (χ0v) is 11.8. The first-order valence-electron chi connectivity index (χ1n) is 7.24.